The minimum absolute atomic E-state index is 0.161. The molecule has 0 saturated heterocycles. The molecule has 0 bridgehead atoms. The van der Waals surface area contributed by atoms with E-state index < -0.39 is 10.0 Å². The summed E-state index contributed by atoms with van der Waals surface area (Å²) in [7, 11) is -3.51. The number of aryl methyl sites for hydroxylation is 1. The second-order valence-electron chi connectivity index (χ2n) is 5.48. The first-order valence-corrected chi connectivity index (χ1v) is 7.88. The molecule has 20 heavy (non-hydrogen) atoms. The topological polar surface area (TPSA) is 76.9 Å². The van der Waals surface area contributed by atoms with Crippen molar-refractivity contribution in [1.29, 1.82) is 0 Å². The predicted octanol–water partition coefficient (Wildman–Crippen LogP) is 1.41. The van der Waals surface area contributed by atoms with Crippen molar-refractivity contribution in [1.82, 2.24) is 19.5 Å². The smallest absolute Gasteiger partial charge is 0.237 e. The lowest BCUT2D eigenvalue weighted by Crippen LogP contribution is -2.34. The highest BCUT2D eigenvalue weighted by molar-refractivity contribution is 7.89. The molecule has 2 aromatic rings. The second-order valence-corrected chi connectivity index (χ2v) is 7.16. The Bertz CT molecular complexity index is 747. The van der Waals surface area contributed by atoms with Crippen molar-refractivity contribution in [3.8, 4) is 5.82 Å². The first-order valence-electron chi connectivity index (χ1n) is 6.40. The van der Waals surface area contributed by atoms with Crippen molar-refractivity contribution in [3.63, 3.8) is 0 Å². The number of aromatic nitrogens is 3. The molecule has 0 aliphatic heterocycles. The van der Waals surface area contributed by atoms with Crippen LogP contribution in [-0.2, 0) is 10.0 Å². The largest absolute Gasteiger partial charge is 0.244 e. The van der Waals surface area contributed by atoms with Crippen LogP contribution in [0.25, 0.3) is 5.82 Å². The highest BCUT2D eigenvalue weighted by Gasteiger charge is 2.41. The molecular weight excluding hydrogens is 276 g/mol. The van der Waals surface area contributed by atoms with E-state index in [0.29, 0.717) is 5.82 Å². The molecule has 0 amide bonds. The number of nitrogens with zero attached hydrogens (tertiary/aromatic N) is 3. The molecule has 0 atom stereocenters. The van der Waals surface area contributed by atoms with Crippen LogP contribution in [0.15, 0.2) is 35.6 Å². The van der Waals surface area contributed by atoms with E-state index in [1.54, 1.807) is 6.20 Å². The van der Waals surface area contributed by atoms with Gasteiger partial charge >= 0.3 is 0 Å². The highest BCUT2D eigenvalue weighted by atomic mass is 32.2. The number of nitrogens with one attached hydrogen (secondary N) is 1. The van der Waals surface area contributed by atoms with Gasteiger partial charge in [-0.1, -0.05) is 0 Å². The van der Waals surface area contributed by atoms with Crippen LogP contribution in [0, 0.1) is 6.92 Å². The average Bonchev–Trinajstić information content (AvgIpc) is 2.92. The predicted molar refractivity (Wildman–Crippen MR) is 74.1 cm³/mol. The summed E-state index contributed by atoms with van der Waals surface area (Å²) in [5.74, 6) is 0.601. The van der Waals surface area contributed by atoms with Gasteiger partial charge in [-0.3, -0.25) is 0 Å². The Balaban J connectivity index is 1.90. The summed E-state index contributed by atoms with van der Waals surface area (Å²) in [6, 6.07) is 3.72. The lowest BCUT2D eigenvalue weighted by Gasteiger charge is -2.10. The van der Waals surface area contributed by atoms with Gasteiger partial charge in [0.25, 0.3) is 0 Å². The highest BCUT2D eigenvalue weighted by Crippen LogP contribution is 2.35. The Hall–Kier alpha value is -1.73. The maximum atomic E-state index is 12.2. The van der Waals surface area contributed by atoms with Crippen LogP contribution < -0.4 is 4.72 Å². The Morgan fingerprint density at radius 3 is 2.80 bits per heavy atom. The maximum absolute atomic E-state index is 12.2. The molecule has 1 fully saturated rings. The van der Waals surface area contributed by atoms with E-state index >= 15 is 0 Å². The third-order valence-electron chi connectivity index (χ3n) is 3.39. The van der Waals surface area contributed by atoms with Gasteiger partial charge in [0.05, 0.1) is 12.4 Å². The number of hydrogen-bond donors (Lipinski definition) is 1. The van der Waals surface area contributed by atoms with Crippen LogP contribution in [-0.4, -0.2) is 28.7 Å². The van der Waals surface area contributed by atoms with E-state index in [0.717, 1.165) is 18.4 Å². The van der Waals surface area contributed by atoms with E-state index in [2.05, 4.69) is 14.8 Å². The van der Waals surface area contributed by atoms with Crippen molar-refractivity contribution < 1.29 is 8.42 Å². The van der Waals surface area contributed by atoms with Gasteiger partial charge in [0, 0.05) is 11.7 Å². The van der Waals surface area contributed by atoms with Crippen molar-refractivity contribution in [2.45, 2.75) is 37.1 Å². The number of pyridine rings is 1. The van der Waals surface area contributed by atoms with Crippen molar-refractivity contribution in [2.75, 3.05) is 0 Å². The van der Waals surface area contributed by atoms with Crippen molar-refractivity contribution in [2.24, 2.45) is 0 Å². The maximum Gasteiger partial charge on any atom is 0.244 e. The zero-order chi connectivity index (χ0) is 14.4. The first-order chi connectivity index (χ1) is 9.38. The van der Waals surface area contributed by atoms with Crippen molar-refractivity contribution in [3.05, 3.63) is 36.3 Å². The molecule has 0 aromatic carbocycles. The molecule has 1 N–H and O–H groups in total. The summed E-state index contributed by atoms with van der Waals surface area (Å²) in [6.07, 6.45) is 6.25. The molecule has 0 spiro atoms. The first kappa shape index (κ1) is 13.3. The standard InChI is InChI=1S/C13H16N4O2S/c1-10-3-6-14-12(7-10)17-9-11(8-15-17)20(18,19)16-13(2)4-5-13/h3,6-9,16H,4-5H2,1-2H3. The van der Waals surface area contributed by atoms with Crippen LogP contribution in [0.2, 0.25) is 0 Å². The summed E-state index contributed by atoms with van der Waals surface area (Å²) >= 11 is 0. The van der Waals surface area contributed by atoms with Gasteiger partial charge in [0.15, 0.2) is 5.82 Å². The third kappa shape index (κ3) is 2.59. The van der Waals surface area contributed by atoms with E-state index in [1.165, 1.54) is 17.1 Å². The molecule has 2 heterocycles. The molecule has 0 unspecified atom stereocenters. The fraction of sp³-hybridized carbons (Fsp3) is 0.385. The molecule has 0 radical (unpaired) electrons. The van der Waals surface area contributed by atoms with Crippen LogP contribution in [0.4, 0.5) is 0 Å². The van der Waals surface area contributed by atoms with Gasteiger partial charge in [-0.25, -0.2) is 22.8 Å². The summed E-state index contributed by atoms with van der Waals surface area (Å²) in [5, 5.41) is 4.08. The molecule has 1 aliphatic rings. The average molecular weight is 292 g/mol. The molecule has 7 heteroatoms. The van der Waals surface area contributed by atoms with Crippen molar-refractivity contribution >= 4 is 10.0 Å². The van der Waals surface area contributed by atoms with Gasteiger partial charge in [-0.15, -0.1) is 0 Å². The quantitative estimate of drug-likeness (QED) is 0.924. The van der Waals surface area contributed by atoms with E-state index in [-0.39, 0.29) is 10.4 Å². The normalized spacial score (nSPS) is 17.1. The van der Waals surface area contributed by atoms with Gasteiger partial charge in [-0.2, -0.15) is 5.10 Å². The third-order valence-corrected chi connectivity index (χ3v) is 4.98. The molecule has 6 nitrogen and oxygen atoms in total. The number of rotatable bonds is 4. The Labute approximate surface area is 117 Å². The van der Waals surface area contributed by atoms with Gasteiger partial charge in [0.2, 0.25) is 10.0 Å². The van der Waals surface area contributed by atoms with E-state index in [4.69, 9.17) is 0 Å². The number of hydrogen-bond acceptors (Lipinski definition) is 4. The fourth-order valence-electron chi connectivity index (χ4n) is 1.89. The zero-order valence-corrected chi connectivity index (χ0v) is 12.2. The molecule has 3 rings (SSSR count). The summed E-state index contributed by atoms with van der Waals surface area (Å²) in [4.78, 5) is 4.34. The SMILES string of the molecule is Cc1ccnc(-n2cc(S(=O)(=O)NC3(C)CC3)cn2)c1. The summed E-state index contributed by atoms with van der Waals surface area (Å²) < 4.78 is 28.6. The molecule has 1 aliphatic carbocycles. The fourth-order valence-corrected chi connectivity index (χ4v) is 3.28. The second kappa shape index (κ2) is 4.39. The Morgan fingerprint density at radius 2 is 2.15 bits per heavy atom. The monoisotopic (exact) mass is 292 g/mol. The Morgan fingerprint density at radius 1 is 1.40 bits per heavy atom. The van der Waals surface area contributed by atoms with Crippen LogP contribution in [0.3, 0.4) is 0 Å². The minimum atomic E-state index is -3.51. The van der Waals surface area contributed by atoms with Crippen LogP contribution in [0.1, 0.15) is 25.3 Å². The van der Waals surface area contributed by atoms with Crippen LogP contribution in [0.5, 0.6) is 0 Å². The zero-order valence-electron chi connectivity index (χ0n) is 11.4. The molecule has 106 valence electrons. The summed E-state index contributed by atoms with van der Waals surface area (Å²) in [6.45, 7) is 3.85. The summed E-state index contributed by atoms with van der Waals surface area (Å²) in [5.41, 5.74) is 0.751. The number of sulfonamides is 1. The van der Waals surface area contributed by atoms with E-state index in [1.807, 2.05) is 26.0 Å². The lowest BCUT2D eigenvalue weighted by molar-refractivity contribution is 0.558. The Kier molecular flexibility index (Phi) is 2.91. The lowest BCUT2D eigenvalue weighted by atomic mass is 10.3. The molecule has 1 saturated carbocycles. The van der Waals surface area contributed by atoms with Crippen LogP contribution >= 0.6 is 0 Å². The van der Waals surface area contributed by atoms with E-state index in [9.17, 15) is 8.42 Å². The van der Waals surface area contributed by atoms with Gasteiger partial charge < -0.3 is 0 Å². The molecular formula is C13H16N4O2S. The minimum Gasteiger partial charge on any atom is -0.237 e. The molecule has 2 aromatic heterocycles. The van der Waals surface area contributed by atoms with Gasteiger partial charge in [0.1, 0.15) is 4.90 Å². The van der Waals surface area contributed by atoms with Gasteiger partial charge in [-0.05, 0) is 44.4 Å².